The molecule has 7 nitrogen and oxygen atoms in total. The highest BCUT2D eigenvalue weighted by atomic mass is 19.1. The smallest absolute Gasteiger partial charge is 0.290 e. The fourth-order valence-corrected chi connectivity index (χ4v) is 5.39. The molecule has 1 saturated carbocycles. The van der Waals surface area contributed by atoms with Crippen molar-refractivity contribution in [1.29, 1.82) is 0 Å². The van der Waals surface area contributed by atoms with E-state index in [1.54, 1.807) is 24.1 Å². The third kappa shape index (κ3) is 3.84. The first-order valence-electron chi connectivity index (χ1n) is 11.4. The van der Waals surface area contributed by atoms with Gasteiger partial charge in [0.05, 0.1) is 36.9 Å². The van der Waals surface area contributed by atoms with E-state index in [0.717, 1.165) is 25.1 Å². The molecule has 0 bridgehead atoms. The average molecular weight is 445 g/mol. The van der Waals surface area contributed by atoms with E-state index in [1.165, 1.54) is 12.1 Å². The first-order chi connectivity index (χ1) is 15.6. The maximum absolute atomic E-state index is 13.6. The van der Waals surface area contributed by atoms with Gasteiger partial charge in [0.1, 0.15) is 11.9 Å². The molecule has 3 aliphatic heterocycles. The van der Waals surface area contributed by atoms with Crippen molar-refractivity contribution < 1.29 is 28.2 Å². The Labute approximate surface area is 187 Å². The molecule has 5 rings (SSSR count). The molecule has 0 radical (unpaired) electrons. The van der Waals surface area contributed by atoms with Gasteiger partial charge in [-0.3, -0.25) is 14.5 Å². The number of Topliss-reactive ketones (excluding diaryl/α,β-unsaturated/α-hetero) is 1. The summed E-state index contributed by atoms with van der Waals surface area (Å²) >= 11 is 0. The molecule has 172 valence electrons. The highest BCUT2D eigenvalue weighted by molar-refractivity contribution is 6.11. The summed E-state index contributed by atoms with van der Waals surface area (Å²) in [5, 5.41) is 0. The van der Waals surface area contributed by atoms with Crippen molar-refractivity contribution in [3.05, 3.63) is 47.0 Å². The number of carbonyl (C=O) groups is 2. The summed E-state index contributed by atoms with van der Waals surface area (Å²) in [5.41, 5.74) is 1.16. The Morgan fingerprint density at radius 3 is 2.56 bits per heavy atom. The second-order valence-corrected chi connectivity index (χ2v) is 8.95. The lowest BCUT2D eigenvalue weighted by molar-refractivity contribution is -0.138. The van der Waals surface area contributed by atoms with Gasteiger partial charge in [0, 0.05) is 39.7 Å². The van der Waals surface area contributed by atoms with Crippen LogP contribution in [0, 0.1) is 11.7 Å². The lowest BCUT2D eigenvalue weighted by Gasteiger charge is -2.38. The fraction of sp³-hybridized carbons (Fsp3) is 0.583. The SMILES string of the molecule is COC1CCC2C(=O)C3=C(OC2C1)C(=O)N(CCN1CCOCC1)C3c1ccc(F)cc1. The highest BCUT2D eigenvalue weighted by Crippen LogP contribution is 2.46. The van der Waals surface area contributed by atoms with E-state index in [-0.39, 0.29) is 41.4 Å². The topological polar surface area (TPSA) is 68.3 Å². The maximum Gasteiger partial charge on any atom is 0.290 e. The van der Waals surface area contributed by atoms with Crippen molar-refractivity contribution in [2.75, 3.05) is 46.5 Å². The average Bonchev–Trinajstić information content (AvgIpc) is 3.10. The number of fused-ring (bicyclic) bond motifs is 1. The molecular formula is C24H29FN2O5. The van der Waals surface area contributed by atoms with Gasteiger partial charge < -0.3 is 19.1 Å². The molecule has 1 aliphatic carbocycles. The zero-order chi connectivity index (χ0) is 22.2. The van der Waals surface area contributed by atoms with Gasteiger partial charge in [-0.2, -0.15) is 0 Å². The molecule has 3 heterocycles. The summed E-state index contributed by atoms with van der Waals surface area (Å²) in [6.45, 7) is 4.12. The largest absolute Gasteiger partial charge is 0.483 e. The van der Waals surface area contributed by atoms with Crippen molar-refractivity contribution in [3.8, 4) is 0 Å². The molecule has 4 aliphatic rings. The standard InChI is InChI=1S/C24H29FN2O5/c1-30-17-6-7-18-19(14-17)32-23-20(22(18)28)21(15-2-4-16(25)5-3-15)27(24(23)29)9-8-26-10-12-31-13-11-26/h2-5,17-19,21H,6-14H2,1H3. The Morgan fingerprint density at radius 2 is 1.84 bits per heavy atom. The third-order valence-corrected chi connectivity index (χ3v) is 7.18. The quantitative estimate of drug-likeness (QED) is 0.693. The Kier molecular flexibility index (Phi) is 6.01. The number of halogens is 1. The van der Waals surface area contributed by atoms with E-state index in [9.17, 15) is 14.0 Å². The van der Waals surface area contributed by atoms with Gasteiger partial charge in [-0.15, -0.1) is 0 Å². The van der Waals surface area contributed by atoms with Gasteiger partial charge in [0.15, 0.2) is 11.5 Å². The molecule has 1 aromatic carbocycles. The highest BCUT2D eigenvalue weighted by Gasteiger charge is 2.52. The number of morpholine rings is 1. The van der Waals surface area contributed by atoms with Crippen LogP contribution in [0.3, 0.4) is 0 Å². The summed E-state index contributed by atoms with van der Waals surface area (Å²) in [7, 11) is 1.67. The van der Waals surface area contributed by atoms with E-state index >= 15 is 0 Å². The van der Waals surface area contributed by atoms with Crippen LogP contribution in [0.5, 0.6) is 0 Å². The van der Waals surface area contributed by atoms with Crippen LogP contribution in [-0.2, 0) is 23.8 Å². The van der Waals surface area contributed by atoms with E-state index in [4.69, 9.17) is 14.2 Å². The van der Waals surface area contributed by atoms with E-state index in [1.807, 2.05) is 0 Å². The maximum atomic E-state index is 13.6. The zero-order valence-corrected chi connectivity index (χ0v) is 18.3. The molecule has 2 fully saturated rings. The number of rotatable bonds is 5. The minimum absolute atomic E-state index is 0.0117. The second-order valence-electron chi connectivity index (χ2n) is 8.95. The summed E-state index contributed by atoms with van der Waals surface area (Å²) in [5.74, 6) is -0.716. The Bertz CT molecular complexity index is 911. The van der Waals surface area contributed by atoms with Crippen LogP contribution in [0.25, 0.3) is 0 Å². The van der Waals surface area contributed by atoms with Gasteiger partial charge >= 0.3 is 0 Å². The first-order valence-corrected chi connectivity index (χ1v) is 11.4. The minimum Gasteiger partial charge on any atom is -0.483 e. The number of ketones is 1. The molecule has 8 heteroatoms. The summed E-state index contributed by atoms with van der Waals surface area (Å²) in [6, 6.07) is 5.52. The monoisotopic (exact) mass is 444 g/mol. The van der Waals surface area contributed by atoms with Gasteiger partial charge in [-0.1, -0.05) is 12.1 Å². The molecule has 0 aromatic heterocycles. The van der Waals surface area contributed by atoms with Gasteiger partial charge in [-0.05, 0) is 30.5 Å². The number of benzene rings is 1. The summed E-state index contributed by atoms with van der Waals surface area (Å²) in [6.07, 6.45) is 1.78. The van der Waals surface area contributed by atoms with E-state index in [0.29, 0.717) is 44.7 Å². The number of ether oxygens (including phenoxy) is 3. The van der Waals surface area contributed by atoms with E-state index < -0.39 is 6.04 Å². The molecule has 1 aromatic rings. The molecule has 4 unspecified atom stereocenters. The number of hydrogen-bond donors (Lipinski definition) is 0. The molecule has 1 amide bonds. The lowest BCUT2D eigenvalue weighted by atomic mass is 9.76. The van der Waals surface area contributed by atoms with Crippen molar-refractivity contribution in [2.24, 2.45) is 5.92 Å². The van der Waals surface area contributed by atoms with Gasteiger partial charge in [0.25, 0.3) is 5.91 Å². The number of methoxy groups -OCH3 is 1. The summed E-state index contributed by atoms with van der Waals surface area (Å²) in [4.78, 5) is 31.1. The molecule has 0 N–H and O–H groups in total. The van der Waals surface area contributed by atoms with Crippen LogP contribution in [-0.4, -0.2) is 80.2 Å². The van der Waals surface area contributed by atoms with Crippen LogP contribution >= 0.6 is 0 Å². The molecule has 32 heavy (non-hydrogen) atoms. The predicted octanol–water partition coefficient (Wildman–Crippen LogP) is 2.08. The van der Waals surface area contributed by atoms with Crippen LogP contribution in [0.15, 0.2) is 35.6 Å². The van der Waals surface area contributed by atoms with Crippen molar-refractivity contribution in [1.82, 2.24) is 9.80 Å². The normalized spacial score (nSPS) is 30.9. The Morgan fingerprint density at radius 1 is 1.09 bits per heavy atom. The molecule has 4 atom stereocenters. The Balaban J connectivity index is 1.45. The molecular weight excluding hydrogens is 415 g/mol. The summed E-state index contributed by atoms with van der Waals surface area (Å²) < 4.78 is 30.7. The fourth-order valence-electron chi connectivity index (χ4n) is 5.39. The zero-order valence-electron chi connectivity index (χ0n) is 18.3. The lowest BCUT2D eigenvalue weighted by Crippen LogP contribution is -2.43. The second kappa shape index (κ2) is 8.92. The number of carbonyl (C=O) groups excluding carboxylic acids is 2. The van der Waals surface area contributed by atoms with Crippen molar-refractivity contribution >= 4 is 11.7 Å². The number of amides is 1. The molecule has 1 saturated heterocycles. The number of nitrogens with zero attached hydrogens (tertiary/aromatic N) is 2. The predicted molar refractivity (Wildman–Crippen MR) is 113 cm³/mol. The van der Waals surface area contributed by atoms with Crippen LogP contribution < -0.4 is 0 Å². The Hall–Kier alpha value is -2.29. The third-order valence-electron chi connectivity index (χ3n) is 7.18. The van der Waals surface area contributed by atoms with Crippen LogP contribution in [0.4, 0.5) is 4.39 Å². The first kappa shape index (κ1) is 21.6. The van der Waals surface area contributed by atoms with Gasteiger partial charge in [-0.25, -0.2) is 4.39 Å². The van der Waals surface area contributed by atoms with Gasteiger partial charge in [0.2, 0.25) is 0 Å². The number of hydrogen-bond acceptors (Lipinski definition) is 6. The van der Waals surface area contributed by atoms with Crippen molar-refractivity contribution in [2.45, 2.75) is 37.5 Å². The van der Waals surface area contributed by atoms with Crippen LogP contribution in [0.1, 0.15) is 30.9 Å². The minimum atomic E-state index is -0.548. The van der Waals surface area contributed by atoms with E-state index in [2.05, 4.69) is 4.90 Å². The van der Waals surface area contributed by atoms with Crippen molar-refractivity contribution in [3.63, 3.8) is 0 Å². The van der Waals surface area contributed by atoms with Crippen LogP contribution in [0.2, 0.25) is 0 Å². The molecule has 0 spiro atoms.